The third kappa shape index (κ3) is 6.74. The molecule has 3 aromatic carbocycles. The lowest BCUT2D eigenvalue weighted by atomic mass is 10.0. The largest absolute Gasteiger partial charge is 0.491 e. The number of carbonyl (C=O) groups excluding carboxylic acids is 1. The Kier molecular flexibility index (Phi) is 8.73. The quantitative estimate of drug-likeness (QED) is 0.263. The highest BCUT2D eigenvalue weighted by Crippen LogP contribution is 2.40. The molecule has 1 amide bonds. The van der Waals surface area contributed by atoms with Crippen LogP contribution in [0.15, 0.2) is 85.5 Å². The van der Waals surface area contributed by atoms with Crippen molar-refractivity contribution in [2.45, 2.75) is 24.5 Å². The number of nitrogens with one attached hydrogen (secondary N) is 1. The molecular formula is C31H31Cl2N5O5. The number of ether oxygens (including phenoxy) is 4. The predicted octanol–water partition coefficient (Wildman–Crippen LogP) is 5.15. The van der Waals surface area contributed by atoms with Gasteiger partial charge in [-0.15, -0.1) is 0 Å². The van der Waals surface area contributed by atoms with E-state index in [0.717, 1.165) is 36.6 Å². The molecule has 0 radical (unpaired) electrons. The van der Waals surface area contributed by atoms with Gasteiger partial charge in [-0.1, -0.05) is 41.4 Å². The van der Waals surface area contributed by atoms with E-state index in [1.807, 2.05) is 41.1 Å². The average molecular weight is 625 g/mol. The molecule has 2 fully saturated rings. The molecule has 0 aliphatic carbocycles. The minimum absolute atomic E-state index is 0.116. The standard InChI is InChI=1S/C31H31Cl2N5O5/c32-22-3-10-27(28(33)15-22)31(19-37-13-11-36-20-37)41-18-26(43-31)17-40-24-6-1-21(2-7-24)29-16-35-12-14-38(29)23-4-8-25(9-5-23)42-30(34)39/h1-11,13,15,20,26,29,35H,12,14,16-19H2,(H2,34,39). The van der Waals surface area contributed by atoms with Crippen molar-refractivity contribution in [1.29, 1.82) is 0 Å². The second-order valence-electron chi connectivity index (χ2n) is 10.4. The molecule has 2 aliphatic rings. The zero-order valence-electron chi connectivity index (χ0n) is 23.2. The van der Waals surface area contributed by atoms with Crippen LogP contribution in [0.25, 0.3) is 0 Å². The number of benzene rings is 3. The molecular weight excluding hydrogens is 593 g/mol. The molecule has 3 N–H and O–H groups in total. The molecule has 4 aromatic rings. The molecule has 0 bridgehead atoms. The summed E-state index contributed by atoms with van der Waals surface area (Å²) >= 11 is 12.7. The summed E-state index contributed by atoms with van der Waals surface area (Å²) in [5.74, 6) is 0.0329. The fourth-order valence-corrected chi connectivity index (χ4v) is 6.04. The van der Waals surface area contributed by atoms with E-state index >= 15 is 0 Å². The van der Waals surface area contributed by atoms with Gasteiger partial charge in [0.1, 0.15) is 24.2 Å². The maximum Gasteiger partial charge on any atom is 0.409 e. The fraction of sp³-hybridized carbons (Fsp3) is 0.290. The number of nitrogens with zero attached hydrogens (tertiary/aromatic N) is 3. The lowest BCUT2D eigenvalue weighted by molar-refractivity contribution is -0.189. The second-order valence-corrected chi connectivity index (χ2v) is 11.2. The van der Waals surface area contributed by atoms with Crippen LogP contribution >= 0.6 is 23.2 Å². The van der Waals surface area contributed by atoms with E-state index in [4.69, 9.17) is 47.9 Å². The van der Waals surface area contributed by atoms with Crippen molar-refractivity contribution in [3.8, 4) is 11.5 Å². The van der Waals surface area contributed by atoms with Crippen LogP contribution in [0.3, 0.4) is 0 Å². The van der Waals surface area contributed by atoms with Gasteiger partial charge in [0, 0.05) is 48.3 Å². The highest BCUT2D eigenvalue weighted by Gasteiger charge is 2.45. The third-order valence-corrected chi connectivity index (χ3v) is 8.03. The molecule has 3 unspecified atom stereocenters. The van der Waals surface area contributed by atoms with Gasteiger partial charge in [0.25, 0.3) is 0 Å². The number of amides is 1. The first-order valence-corrected chi connectivity index (χ1v) is 14.6. The maximum atomic E-state index is 11.1. The van der Waals surface area contributed by atoms with E-state index < -0.39 is 11.9 Å². The summed E-state index contributed by atoms with van der Waals surface area (Å²) in [6, 6.07) is 20.8. The molecule has 1 aromatic heterocycles. The van der Waals surface area contributed by atoms with E-state index in [1.165, 1.54) is 0 Å². The second kappa shape index (κ2) is 12.8. The van der Waals surface area contributed by atoms with Gasteiger partial charge in [-0.05, 0) is 54.1 Å². The Balaban J connectivity index is 1.11. The molecule has 6 rings (SSSR count). The lowest BCUT2D eigenvalue weighted by Crippen LogP contribution is -2.46. The van der Waals surface area contributed by atoms with Crippen molar-refractivity contribution >= 4 is 35.0 Å². The highest BCUT2D eigenvalue weighted by molar-refractivity contribution is 6.35. The van der Waals surface area contributed by atoms with Crippen LogP contribution in [0.5, 0.6) is 11.5 Å². The Hall–Kier alpha value is -3.80. The number of anilines is 1. The van der Waals surface area contributed by atoms with Crippen LogP contribution in [0.1, 0.15) is 17.2 Å². The number of aromatic nitrogens is 2. The normalized spacial score (nSPS) is 22.0. The molecule has 3 heterocycles. The summed E-state index contributed by atoms with van der Waals surface area (Å²) in [6.07, 6.45) is 4.10. The van der Waals surface area contributed by atoms with Crippen LogP contribution in [-0.4, -0.2) is 54.6 Å². The third-order valence-electron chi connectivity index (χ3n) is 7.48. The number of hydrogen-bond acceptors (Lipinski definition) is 8. The zero-order valence-corrected chi connectivity index (χ0v) is 24.7. The van der Waals surface area contributed by atoms with Gasteiger partial charge >= 0.3 is 6.09 Å². The van der Waals surface area contributed by atoms with Gasteiger partial charge in [-0.3, -0.25) is 0 Å². The summed E-state index contributed by atoms with van der Waals surface area (Å²) in [4.78, 5) is 17.5. The predicted molar refractivity (Wildman–Crippen MR) is 163 cm³/mol. The maximum absolute atomic E-state index is 11.1. The van der Waals surface area contributed by atoms with E-state index in [2.05, 4.69) is 27.3 Å². The fourth-order valence-electron chi connectivity index (χ4n) is 5.48. The van der Waals surface area contributed by atoms with Crippen molar-refractivity contribution < 1.29 is 23.7 Å². The lowest BCUT2D eigenvalue weighted by Gasteiger charge is -2.38. The van der Waals surface area contributed by atoms with Crippen molar-refractivity contribution in [2.75, 3.05) is 37.7 Å². The van der Waals surface area contributed by atoms with Gasteiger partial charge in [-0.2, -0.15) is 0 Å². The molecule has 3 atom stereocenters. The molecule has 224 valence electrons. The zero-order chi connectivity index (χ0) is 29.8. The van der Waals surface area contributed by atoms with Gasteiger partial charge < -0.3 is 39.5 Å². The van der Waals surface area contributed by atoms with Crippen molar-refractivity contribution in [3.05, 3.63) is 107 Å². The van der Waals surface area contributed by atoms with Crippen LogP contribution in [0.2, 0.25) is 10.0 Å². The van der Waals surface area contributed by atoms with Gasteiger partial charge in [-0.25, -0.2) is 9.78 Å². The minimum Gasteiger partial charge on any atom is -0.491 e. The Morgan fingerprint density at radius 2 is 1.88 bits per heavy atom. The number of imidazole rings is 1. The smallest absolute Gasteiger partial charge is 0.409 e. The number of halogens is 2. The minimum atomic E-state index is -1.11. The summed E-state index contributed by atoms with van der Waals surface area (Å²) in [5.41, 5.74) is 8.00. The first-order valence-electron chi connectivity index (χ1n) is 13.9. The van der Waals surface area contributed by atoms with E-state index in [1.54, 1.807) is 36.8 Å². The number of nitrogens with two attached hydrogens (primary N) is 1. The first kappa shape index (κ1) is 29.3. The summed E-state index contributed by atoms with van der Waals surface area (Å²) in [6.45, 7) is 3.48. The van der Waals surface area contributed by atoms with Crippen molar-refractivity contribution in [1.82, 2.24) is 14.9 Å². The molecule has 43 heavy (non-hydrogen) atoms. The molecule has 10 nitrogen and oxygen atoms in total. The Labute approximate surface area is 259 Å². The number of primary amides is 1. The average Bonchev–Trinajstić information content (AvgIpc) is 3.67. The van der Waals surface area contributed by atoms with Gasteiger partial charge in [0.15, 0.2) is 0 Å². The number of carbonyl (C=O) groups is 1. The van der Waals surface area contributed by atoms with Gasteiger partial charge in [0.2, 0.25) is 5.79 Å². The van der Waals surface area contributed by atoms with E-state index in [9.17, 15) is 4.79 Å². The topological polar surface area (TPSA) is 113 Å². The summed E-state index contributed by atoms with van der Waals surface area (Å²) in [5, 5.41) is 4.48. The van der Waals surface area contributed by atoms with Crippen LogP contribution in [0, 0.1) is 0 Å². The number of hydrogen-bond donors (Lipinski definition) is 2. The molecule has 12 heteroatoms. The summed E-state index contributed by atoms with van der Waals surface area (Å²) in [7, 11) is 0. The molecule has 0 saturated carbocycles. The van der Waals surface area contributed by atoms with Crippen LogP contribution in [-0.2, 0) is 21.8 Å². The van der Waals surface area contributed by atoms with Crippen LogP contribution in [0.4, 0.5) is 10.5 Å². The van der Waals surface area contributed by atoms with E-state index in [-0.39, 0.29) is 12.1 Å². The molecule has 2 aliphatic heterocycles. The monoisotopic (exact) mass is 623 g/mol. The van der Waals surface area contributed by atoms with Crippen LogP contribution < -0.4 is 25.4 Å². The Morgan fingerprint density at radius 1 is 1.09 bits per heavy atom. The molecule has 2 saturated heterocycles. The van der Waals surface area contributed by atoms with Crippen molar-refractivity contribution in [2.24, 2.45) is 5.73 Å². The first-order chi connectivity index (χ1) is 20.9. The van der Waals surface area contributed by atoms with Crippen molar-refractivity contribution in [3.63, 3.8) is 0 Å². The SMILES string of the molecule is NC(=O)Oc1ccc(N2CCNCC2c2ccc(OCC3COC(Cn4ccnc4)(c4ccc(Cl)cc4Cl)O3)cc2)cc1. The molecule has 0 spiro atoms. The Morgan fingerprint density at radius 3 is 2.60 bits per heavy atom. The van der Waals surface area contributed by atoms with E-state index in [0.29, 0.717) is 41.1 Å². The summed E-state index contributed by atoms with van der Waals surface area (Å²) < 4.78 is 25.8. The number of piperazine rings is 1. The van der Waals surface area contributed by atoms with Gasteiger partial charge in [0.05, 0.1) is 30.5 Å². The number of rotatable bonds is 9. The Bertz CT molecular complexity index is 1540. The highest BCUT2D eigenvalue weighted by atomic mass is 35.5.